The van der Waals surface area contributed by atoms with E-state index in [2.05, 4.69) is 5.32 Å². The summed E-state index contributed by atoms with van der Waals surface area (Å²) >= 11 is 6.32. The van der Waals surface area contributed by atoms with Gasteiger partial charge in [-0.15, -0.1) is 0 Å². The van der Waals surface area contributed by atoms with Crippen molar-refractivity contribution in [3.05, 3.63) is 21.7 Å². The molecule has 4 nitrogen and oxygen atoms in total. The van der Waals surface area contributed by atoms with Crippen molar-refractivity contribution in [3.63, 3.8) is 0 Å². The molecule has 1 unspecified atom stereocenters. The molecule has 0 radical (unpaired) electrons. The van der Waals surface area contributed by atoms with Gasteiger partial charge in [-0.1, -0.05) is 11.6 Å². The summed E-state index contributed by atoms with van der Waals surface area (Å²) in [5, 5.41) is 3.99. The average Bonchev–Trinajstić information content (AvgIpc) is 2.43. The summed E-state index contributed by atoms with van der Waals surface area (Å²) in [4.78, 5) is 12.1. The molecule has 5 heteroatoms. The zero-order valence-electron chi connectivity index (χ0n) is 12.5. The summed E-state index contributed by atoms with van der Waals surface area (Å²) in [6.07, 6.45) is 0. The van der Waals surface area contributed by atoms with Crippen LogP contribution in [0.5, 0.6) is 5.75 Å². The number of hydrogen-bond donors (Lipinski definition) is 1. The van der Waals surface area contributed by atoms with Crippen LogP contribution in [0.2, 0.25) is 5.02 Å². The minimum absolute atomic E-state index is 0.336. The number of benzene rings is 1. The van der Waals surface area contributed by atoms with Gasteiger partial charge in [0, 0.05) is 5.02 Å². The molecule has 0 spiro atoms. The topological polar surface area (TPSA) is 47.6 Å². The second kappa shape index (κ2) is 5.17. The van der Waals surface area contributed by atoms with E-state index in [4.69, 9.17) is 21.1 Å². The average molecular weight is 298 g/mol. The molecule has 0 amide bonds. The summed E-state index contributed by atoms with van der Waals surface area (Å²) in [6, 6.07) is 0. The van der Waals surface area contributed by atoms with Crippen LogP contribution >= 0.6 is 11.6 Å². The van der Waals surface area contributed by atoms with Gasteiger partial charge in [0.05, 0.1) is 18.8 Å². The van der Waals surface area contributed by atoms with Crippen LogP contribution < -0.4 is 10.1 Å². The van der Waals surface area contributed by atoms with Gasteiger partial charge in [-0.2, -0.15) is 0 Å². The Morgan fingerprint density at radius 3 is 2.60 bits per heavy atom. The van der Waals surface area contributed by atoms with Gasteiger partial charge in [0.1, 0.15) is 5.75 Å². The Morgan fingerprint density at radius 1 is 1.35 bits per heavy atom. The van der Waals surface area contributed by atoms with Gasteiger partial charge in [-0.05, 0) is 51.3 Å². The Balaban J connectivity index is 2.47. The molecule has 0 saturated heterocycles. The van der Waals surface area contributed by atoms with Crippen molar-refractivity contribution >= 4 is 23.3 Å². The quantitative estimate of drug-likeness (QED) is 0.850. The number of ether oxygens (including phenoxy) is 2. The zero-order valence-corrected chi connectivity index (χ0v) is 13.3. The third-order valence-corrected chi connectivity index (χ3v) is 4.37. The maximum Gasteiger partial charge on any atom is 0.352 e. The van der Waals surface area contributed by atoms with Crippen LogP contribution in [0.15, 0.2) is 0 Å². The number of halogens is 1. The van der Waals surface area contributed by atoms with Gasteiger partial charge < -0.3 is 14.8 Å². The molecule has 20 heavy (non-hydrogen) atoms. The van der Waals surface area contributed by atoms with Crippen molar-refractivity contribution in [2.75, 3.05) is 18.5 Å². The fourth-order valence-corrected chi connectivity index (χ4v) is 2.58. The largest absolute Gasteiger partial charge is 0.471 e. The van der Waals surface area contributed by atoms with E-state index in [-0.39, 0.29) is 5.97 Å². The van der Waals surface area contributed by atoms with E-state index in [0.717, 1.165) is 27.4 Å². The Labute approximate surface area is 124 Å². The molecule has 2 rings (SSSR count). The number of anilines is 1. The molecule has 0 aromatic heterocycles. The first-order valence-corrected chi connectivity index (χ1v) is 7.09. The van der Waals surface area contributed by atoms with Crippen LogP contribution in [0.3, 0.4) is 0 Å². The molecule has 1 aliphatic rings. The van der Waals surface area contributed by atoms with Gasteiger partial charge in [-0.3, -0.25) is 0 Å². The molecule has 1 atom stereocenters. The number of carbonyl (C=O) groups is 1. The monoisotopic (exact) mass is 297 g/mol. The molecule has 1 N–H and O–H groups in total. The van der Waals surface area contributed by atoms with E-state index in [9.17, 15) is 4.79 Å². The number of fused-ring (bicyclic) bond motifs is 1. The van der Waals surface area contributed by atoms with Crippen LogP contribution in [-0.2, 0) is 9.53 Å². The molecule has 0 bridgehead atoms. The first-order chi connectivity index (χ1) is 9.31. The minimum Gasteiger partial charge on any atom is -0.471 e. The summed E-state index contributed by atoms with van der Waals surface area (Å²) in [6.45, 7) is 10.0. The lowest BCUT2D eigenvalue weighted by Gasteiger charge is -2.36. The van der Waals surface area contributed by atoms with Crippen molar-refractivity contribution in [1.82, 2.24) is 0 Å². The molecule has 0 fully saturated rings. The smallest absolute Gasteiger partial charge is 0.352 e. The highest BCUT2D eigenvalue weighted by Crippen LogP contribution is 2.43. The normalized spacial score (nSPS) is 20.7. The SMILES string of the molecule is CCOC(=O)C1(C)CNc2c(C)c(Cl)c(C)c(C)c2O1. The van der Waals surface area contributed by atoms with Gasteiger partial charge >= 0.3 is 5.97 Å². The van der Waals surface area contributed by atoms with Crippen molar-refractivity contribution in [2.24, 2.45) is 0 Å². The number of rotatable bonds is 2. The molecule has 1 aliphatic heterocycles. The van der Waals surface area contributed by atoms with Gasteiger partial charge in [0.15, 0.2) is 0 Å². The lowest BCUT2D eigenvalue weighted by atomic mass is 9.98. The second-order valence-electron chi connectivity index (χ2n) is 5.30. The molecule has 1 aromatic carbocycles. The molecule has 0 aliphatic carbocycles. The van der Waals surface area contributed by atoms with Gasteiger partial charge in [-0.25, -0.2) is 4.79 Å². The number of nitrogens with one attached hydrogen (secondary N) is 1. The summed E-state index contributed by atoms with van der Waals surface area (Å²) in [5.41, 5.74) is 2.70. The third kappa shape index (κ3) is 2.22. The lowest BCUT2D eigenvalue weighted by molar-refractivity contribution is -0.159. The van der Waals surface area contributed by atoms with E-state index < -0.39 is 5.60 Å². The highest BCUT2D eigenvalue weighted by Gasteiger charge is 2.42. The van der Waals surface area contributed by atoms with Crippen molar-refractivity contribution in [1.29, 1.82) is 0 Å². The van der Waals surface area contributed by atoms with Crippen molar-refractivity contribution < 1.29 is 14.3 Å². The summed E-state index contributed by atoms with van der Waals surface area (Å²) in [7, 11) is 0. The van der Waals surface area contributed by atoms with E-state index >= 15 is 0 Å². The van der Waals surface area contributed by atoms with E-state index in [1.54, 1.807) is 13.8 Å². The predicted octanol–water partition coefficient (Wildman–Crippen LogP) is 3.39. The molecule has 110 valence electrons. The molecular formula is C15H20ClNO3. The second-order valence-corrected chi connectivity index (χ2v) is 5.68. The van der Waals surface area contributed by atoms with Crippen LogP contribution in [0, 0.1) is 20.8 Å². The predicted molar refractivity (Wildman–Crippen MR) is 79.8 cm³/mol. The first-order valence-electron chi connectivity index (χ1n) is 6.71. The standard InChI is InChI=1S/C15H20ClNO3/c1-6-19-14(18)15(5)7-17-12-10(4)11(16)8(2)9(3)13(12)20-15/h17H,6-7H2,1-5H3. The van der Waals surface area contributed by atoms with Crippen LogP contribution in [0.25, 0.3) is 0 Å². The number of hydrogen-bond acceptors (Lipinski definition) is 4. The maximum absolute atomic E-state index is 12.1. The van der Waals surface area contributed by atoms with E-state index in [0.29, 0.717) is 18.9 Å². The number of carbonyl (C=O) groups excluding carboxylic acids is 1. The van der Waals surface area contributed by atoms with Gasteiger partial charge in [0.2, 0.25) is 5.60 Å². The fraction of sp³-hybridized carbons (Fsp3) is 0.533. The van der Waals surface area contributed by atoms with Crippen LogP contribution in [0.1, 0.15) is 30.5 Å². The Morgan fingerprint density at radius 2 is 2.00 bits per heavy atom. The fourth-order valence-electron chi connectivity index (χ4n) is 2.34. The molecule has 1 heterocycles. The zero-order chi connectivity index (χ0) is 15.1. The summed E-state index contributed by atoms with van der Waals surface area (Å²) < 4.78 is 11.1. The van der Waals surface area contributed by atoms with Crippen molar-refractivity contribution in [2.45, 2.75) is 40.2 Å². The molecule has 0 saturated carbocycles. The lowest BCUT2D eigenvalue weighted by Crippen LogP contribution is -2.51. The van der Waals surface area contributed by atoms with Gasteiger partial charge in [0.25, 0.3) is 0 Å². The van der Waals surface area contributed by atoms with Crippen LogP contribution in [-0.4, -0.2) is 24.7 Å². The molecular weight excluding hydrogens is 278 g/mol. The van der Waals surface area contributed by atoms with Crippen molar-refractivity contribution in [3.8, 4) is 5.75 Å². The van der Waals surface area contributed by atoms with E-state index in [1.165, 1.54) is 0 Å². The highest BCUT2D eigenvalue weighted by atomic mass is 35.5. The van der Waals surface area contributed by atoms with Crippen LogP contribution in [0.4, 0.5) is 5.69 Å². The molecule has 1 aromatic rings. The summed E-state index contributed by atoms with van der Waals surface area (Å²) in [5.74, 6) is 0.328. The Bertz CT molecular complexity index is 571. The Hall–Kier alpha value is -1.42. The maximum atomic E-state index is 12.1. The first kappa shape index (κ1) is 15.0. The third-order valence-electron chi connectivity index (χ3n) is 3.80. The minimum atomic E-state index is -1.01. The van der Waals surface area contributed by atoms with E-state index in [1.807, 2.05) is 20.8 Å². The highest BCUT2D eigenvalue weighted by molar-refractivity contribution is 6.32. The number of esters is 1. The Kier molecular flexibility index (Phi) is 3.87.